The van der Waals surface area contributed by atoms with Crippen LogP contribution >= 0.6 is 38.5 Å². The van der Waals surface area contributed by atoms with Crippen LogP contribution in [0.4, 0.5) is 0 Å². The summed E-state index contributed by atoms with van der Waals surface area (Å²) in [5.74, 6) is 2.20. The lowest BCUT2D eigenvalue weighted by Gasteiger charge is -2.26. The second kappa shape index (κ2) is 7.41. The highest BCUT2D eigenvalue weighted by molar-refractivity contribution is 14.1. The first-order chi connectivity index (χ1) is 15.4. The fourth-order valence-electron chi connectivity index (χ4n) is 4.99. The summed E-state index contributed by atoms with van der Waals surface area (Å²) < 4.78 is 5.84. The Morgan fingerprint density at radius 3 is 2.59 bits per heavy atom. The Labute approximate surface area is 207 Å². The monoisotopic (exact) mass is 602 g/mol. The number of hydrogen-bond acceptors (Lipinski definition) is 6. The molecule has 4 aromatic heterocycles. The Bertz CT molecular complexity index is 1410. The second-order valence-electron chi connectivity index (χ2n) is 8.44. The lowest BCUT2D eigenvalue weighted by Crippen LogP contribution is -2.21. The molecule has 32 heavy (non-hydrogen) atoms. The quantitative estimate of drug-likeness (QED) is 0.255. The Morgan fingerprint density at radius 2 is 1.75 bits per heavy atom. The molecule has 6 rings (SSSR count). The van der Waals surface area contributed by atoms with Crippen molar-refractivity contribution in [2.75, 3.05) is 0 Å². The van der Waals surface area contributed by atoms with Crippen molar-refractivity contribution in [3.05, 3.63) is 55.1 Å². The van der Waals surface area contributed by atoms with E-state index in [9.17, 15) is 0 Å². The van der Waals surface area contributed by atoms with Gasteiger partial charge in [-0.15, -0.1) is 0 Å². The summed E-state index contributed by atoms with van der Waals surface area (Å²) in [7, 11) is 2.06. The second-order valence-corrected chi connectivity index (χ2v) is 10.1. The van der Waals surface area contributed by atoms with Gasteiger partial charge in [0.05, 0.1) is 34.2 Å². The third-order valence-electron chi connectivity index (χ3n) is 6.58. The van der Waals surface area contributed by atoms with E-state index in [1.165, 1.54) is 5.56 Å². The molecule has 0 bridgehead atoms. The summed E-state index contributed by atoms with van der Waals surface area (Å²) in [5.41, 5.74) is 8.78. The molecule has 1 unspecified atom stereocenters. The maximum absolute atomic E-state index is 4.97. The molecular formula is C22H20BrIN8. The molecule has 0 N–H and O–H groups in total. The molecule has 10 heteroatoms. The maximum atomic E-state index is 4.97. The van der Waals surface area contributed by atoms with Crippen LogP contribution in [0.15, 0.2) is 17.1 Å². The Hall–Kier alpha value is -2.21. The molecule has 0 amide bonds. The first-order valence-corrected chi connectivity index (χ1v) is 12.4. The van der Waals surface area contributed by atoms with Gasteiger partial charge in [-0.3, -0.25) is 0 Å². The Morgan fingerprint density at radius 1 is 0.969 bits per heavy atom. The molecule has 8 nitrogen and oxygen atoms in total. The van der Waals surface area contributed by atoms with E-state index in [0.29, 0.717) is 4.73 Å². The minimum Gasteiger partial charge on any atom is -0.330 e. The highest BCUT2D eigenvalue weighted by atomic mass is 127. The number of fused-ring (bicyclic) bond motifs is 6. The number of imidazole rings is 2. The van der Waals surface area contributed by atoms with Crippen LogP contribution in [0.2, 0.25) is 0 Å². The van der Waals surface area contributed by atoms with Crippen LogP contribution < -0.4 is 0 Å². The summed E-state index contributed by atoms with van der Waals surface area (Å²) in [6.07, 6.45) is 6.59. The van der Waals surface area contributed by atoms with Crippen LogP contribution in [0.1, 0.15) is 40.1 Å². The van der Waals surface area contributed by atoms with Crippen LogP contribution in [0.25, 0.3) is 22.8 Å². The van der Waals surface area contributed by atoms with Crippen LogP contribution in [0.3, 0.4) is 0 Å². The van der Waals surface area contributed by atoms with Crippen LogP contribution in [0.5, 0.6) is 0 Å². The van der Waals surface area contributed by atoms with Crippen molar-refractivity contribution in [2.24, 2.45) is 7.05 Å². The van der Waals surface area contributed by atoms with E-state index in [1.807, 2.05) is 19.3 Å². The molecule has 4 heterocycles. The first-order valence-electron chi connectivity index (χ1n) is 10.5. The van der Waals surface area contributed by atoms with Gasteiger partial charge in [0.1, 0.15) is 11.6 Å². The van der Waals surface area contributed by atoms with Crippen molar-refractivity contribution in [3.63, 3.8) is 0 Å². The highest BCUT2D eigenvalue weighted by Gasteiger charge is 2.33. The normalized spacial score (nSPS) is 16.3. The summed E-state index contributed by atoms with van der Waals surface area (Å²) >= 11 is 5.62. The van der Waals surface area contributed by atoms with Crippen molar-refractivity contribution in [1.82, 2.24) is 39.0 Å². The molecule has 0 spiro atoms. The van der Waals surface area contributed by atoms with Gasteiger partial charge < -0.3 is 9.13 Å². The van der Waals surface area contributed by atoms with Crippen LogP contribution in [-0.2, 0) is 32.9 Å². The molecule has 0 saturated heterocycles. The number of halogens is 2. The number of aromatic nitrogens is 8. The van der Waals surface area contributed by atoms with Gasteiger partial charge >= 0.3 is 0 Å². The number of hydrogen-bond donors (Lipinski definition) is 0. The van der Waals surface area contributed by atoms with E-state index in [-0.39, 0.29) is 5.92 Å². The van der Waals surface area contributed by atoms with E-state index >= 15 is 0 Å². The first kappa shape index (κ1) is 20.4. The van der Waals surface area contributed by atoms with E-state index in [4.69, 9.17) is 19.9 Å². The topological polar surface area (TPSA) is 87.2 Å². The van der Waals surface area contributed by atoms with Gasteiger partial charge in [0, 0.05) is 54.5 Å². The Balaban J connectivity index is 1.48. The van der Waals surface area contributed by atoms with Gasteiger partial charge in [0.15, 0.2) is 8.56 Å². The fourth-order valence-corrected chi connectivity index (χ4v) is 5.65. The summed E-state index contributed by atoms with van der Waals surface area (Å²) in [5, 5.41) is 0. The fraction of sp³-hybridized carbons (Fsp3) is 0.364. The molecule has 0 saturated carbocycles. The van der Waals surface area contributed by atoms with E-state index < -0.39 is 0 Å². The zero-order valence-corrected chi connectivity index (χ0v) is 21.6. The number of aryl methyl sites for hydroxylation is 4. The standard InChI is InChI=1S/C22H20BrIN8/c1-10-28-18-14(6-13-8-25-21(23)29-17(13)20(18)31(10)3)9-32-11(2)27-15-5-4-12-7-26-22(24)30-16(12)19(15)32/h7-8,14H,4-6,9H2,1-3H3. The molecule has 0 aliphatic heterocycles. The zero-order chi connectivity index (χ0) is 22.1. The third kappa shape index (κ3) is 3.06. The Kier molecular flexibility index (Phi) is 4.72. The lowest BCUT2D eigenvalue weighted by atomic mass is 9.87. The largest absolute Gasteiger partial charge is 0.330 e. The third-order valence-corrected chi connectivity index (χ3v) is 7.48. The molecule has 2 aliphatic rings. The zero-order valence-electron chi connectivity index (χ0n) is 17.9. The summed E-state index contributed by atoms with van der Waals surface area (Å²) in [6.45, 7) is 4.92. The van der Waals surface area contributed by atoms with E-state index in [2.05, 4.69) is 71.6 Å². The van der Waals surface area contributed by atoms with Crippen molar-refractivity contribution in [3.8, 4) is 22.8 Å². The van der Waals surface area contributed by atoms with Crippen LogP contribution in [0, 0.1) is 17.7 Å². The van der Waals surface area contributed by atoms with Crippen molar-refractivity contribution >= 4 is 38.5 Å². The predicted molar refractivity (Wildman–Crippen MR) is 131 cm³/mol. The molecular weight excluding hydrogens is 583 g/mol. The van der Waals surface area contributed by atoms with Gasteiger partial charge in [-0.1, -0.05) is 0 Å². The van der Waals surface area contributed by atoms with Crippen molar-refractivity contribution in [2.45, 2.75) is 45.6 Å². The SMILES string of the molecule is Cc1nc2c(n1C)-c1nc(Br)ncc1CC2Cn1c(C)nc2c1-c1nc(I)ncc1CC2. The average Bonchev–Trinajstić information content (AvgIpc) is 3.25. The molecule has 162 valence electrons. The molecule has 4 aromatic rings. The predicted octanol–water partition coefficient (Wildman–Crippen LogP) is 3.95. The van der Waals surface area contributed by atoms with E-state index in [0.717, 1.165) is 81.0 Å². The molecule has 0 radical (unpaired) electrons. The average molecular weight is 603 g/mol. The number of rotatable bonds is 2. The van der Waals surface area contributed by atoms with Gasteiger partial charge in [-0.05, 0) is 60.2 Å². The molecule has 0 aromatic carbocycles. The lowest BCUT2D eigenvalue weighted by molar-refractivity contribution is 0.532. The van der Waals surface area contributed by atoms with E-state index in [1.54, 1.807) is 0 Å². The number of nitrogens with zero attached hydrogens (tertiary/aromatic N) is 8. The minimum atomic E-state index is 0.200. The van der Waals surface area contributed by atoms with Gasteiger partial charge in [0.2, 0.25) is 0 Å². The maximum Gasteiger partial charge on any atom is 0.197 e. The molecule has 1 atom stereocenters. The van der Waals surface area contributed by atoms with Gasteiger partial charge in [0.25, 0.3) is 0 Å². The van der Waals surface area contributed by atoms with Crippen LogP contribution in [-0.4, -0.2) is 39.0 Å². The molecule has 0 fully saturated rings. The summed E-state index contributed by atoms with van der Waals surface area (Å²) in [4.78, 5) is 28.2. The molecule has 2 aliphatic carbocycles. The smallest absolute Gasteiger partial charge is 0.197 e. The van der Waals surface area contributed by atoms with Gasteiger partial charge in [-0.25, -0.2) is 29.9 Å². The van der Waals surface area contributed by atoms with Crippen molar-refractivity contribution < 1.29 is 0 Å². The highest BCUT2D eigenvalue weighted by Crippen LogP contribution is 2.41. The minimum absolute atomic E-state index is 0.200. The van der Waals surface area contributed by atoms with Gasteiger partial charge in [-0.2, -0.15) is 0 Å². The summed E-state index contributed by atoms with van der Waals surface area (Å²) in [6, 6.07) is 0. The van der Waals surface area contributed by atoms with Crippen molar-refractivity contribution in [1.29, 1.82) is 0 Å².